The molecule has 1 aromatic rings. The number of aromatic nitrogens is 2. The zero-order valence-electron chi connectivity index (χ0n) is 6.66. The van der Waals surface area contributed by atoms with Crippen LogP contribution < -0.4 is 0 Å². The molecule has 1 aliphatic rings. The molecule has 0 saturated carbocycles. The Labute approximate surface area is 70.3 Å². The third-order valence-electron chi connectivity index (χ3n) is 2.13. The molecule has 11 heavy (non-hydrogen) atoms. The van der Waals surface area contributed by atoms with Crippen molar-refractivity contribution in [2.75, 3.05) is 0 Å². The van der Waals surface area contributed by atoms with Crippen molar-refractivity contribution in [2.45, 2.75) is 26.2 Å². The van der Waals surface area contributed by atoms with E-state index in [2.05, 4.69) is 28.7 Å². The average molecular weight is 166 g/mol. The predicted octanol–water partition coefficient (Wildman–Crippen LogP) is 2.45. The molecule has 2 nitrogen and oxygen atoms in total. The first-order chi connectivity index (χ1) is 5.29. The van der Waals surface area contributed by atoms with Gasteiger partial charge < -0.3 is 0 Å². The SMILES string of the molecule is CC1=CCC(C)c2nsnc21. The standard InChI is InChI=1S/C8H10N2S/c1-5-3-4-6(2)8-7(5)9-11-10-8/h3,6H,4H2,1-2H3. The first kappa shape index (κ1) is 6.98. The fourth-order valence-corrected chi connectivity index (χ4v) is 2.07. The van der Waals surface area contributed by atoms with Gasteiger partial charge in [0.2, 0.25) is 0 Å². The molecular formula is C8H10N2S. The molecule has 0 N–H and O–H groups in total. The molecule has 2 rings (SSSR count). The minimum atomic E-state index is 0.562. The lowest BCUT2D eigenvalue weighted by Crippen LogP contribution is -2.01. The monoisotopic (exact) mass is 166 g/mol. The summed E-state index contributed by atoms with van der Waals surface area (Å²) in [6.45, 7) is 4.30. The van der Waals surface area contributed by atoms with E-state index in [1.54, 1.807) is 0 Å². The van der Waals surface area contributed by atoms with Crippen molar-refractivity contribution in [3.05, 3.63) is 17.5 Å². The molecule has 1 unspecified atom stereocenters. The van der Waals surface area contributed by atoms with Crippen LogP contribution >= 0.6 is 11.7 Å². The predicted molar refractivity (Wildman–Crippen MR) is 46.6 cm³/mol. The second-order valence-corrected chi connectivity index (χ2v) is 3.55. The second-order valence-electron chi connectivity index (χ2n) is 3.02. The summed E-state index contributed by atoms with van der Waals surface area (Å²) < 4.78 is 8.53. The summed E-state index contributed by atoms with van der Waals surface area (Å²) in [6, 6.07) is 0. The van der Waals surface area contributed by atoms with Crippen molar-refractivity contribution in [3.63, 3.8) is 0 Å². The molecule has 0 bridgehead atoms. The van der Waals surface area contributed by atoms with Gasteiger partial charge in [0.15, 0.2) is 0 Å². The molecule has 0 radical (unpaired) electrons. The number of nitrogens with zero attached hydrogens (tertiary/aromatic N) is 2. The van der Waals surface area contributed by atoms with Crippen molar-refractivity contribution in [1.29, 1.82) is 0 Å². The quantitative estimate of drug-likeness (QED) is 0.591. The Hall–Kier alpha value is -0.700. The number of hydrogen-bond donors (Lipinski definition) is 0. The van der Waals surface area contributed by atoms with Crippen LogP contribution in [0.2, 0.25) is 0 Å². The zero-order chi connectivity index (χ0) is 7.84. The topological polar surface area (TPSA) is 25.8 Å². The molecule has 0 saturated heterocycles. The van der Waals surface area contributed by atoms with Gasteiger partial charge in [-0.1, -0.05) is 13.0 Å². The zero-order valence-corrected chi connectivity index (χ0v) is 7.48. The van der Waals surface area contributed by atoms with Gasteiger partial charge in [0.25, 0.3) is 0 Å². The van der Waals surface area contributed by atoms with Crippen molar-refractivity contribution in [3.8, 4) is 0 Å². The van der Waals surface area contributed by atoms with Gasteiger partial charge in [-0.25, -0.2) is 0 Å². The Balaban J connectivity index is 2.55. The molecule has 1 atom stereocenters. The van der Waals surface area contributed by atoms with Crippen LogP contribution in [0.5, 0.6) is 0 Å². The normalized spacial score (nSPS) is 22.7. The Bertz CT molecular complexity index is 301. The van der Waals surface area contributed by atoms with Gasteiger partial charge in [0.05, 0.1) is 17.4 Å². The van der Waals surface area contributed by atoms with Crippen LogP contribution in [0.4, 0.5) is 0 Å². The number of rotatable bonds is 0. The van der Waals surface area contributed by atoms with Crippen molar-refractivity contribution in [2.24, 2.45) is 0 Å². The van der Waals surface area contributed by atoms with Crippen LogP contribution in [0.1, 0.15) is 37.6 Å². The van der Waals surface area contributed by atoms with E-state index >= 15 is 0 Å². The van der Waals surface area contributed by atoms with Crippen molar-refractivity contribution < 1.29 is 0 Å². The van der Waals surface area contributed by atoms with Gasteiger partial charge in [-0.15, -0.1) is 0 Å². The summed E-state index contributed by atoms with van der Waals surface area (Å²) >= 11 is 1.32. The Morgan fingerprint density at radius 1 is 1.55 bits per heavy atom. The van der Waals surface area contributed by atoms with E-state index in [0.717, 1.165) is 12.1 Å². The summed E-state index contributed by atoms with van der Waals surface area (Å²) in [6.07, 6.45) is 3.36. The van der Waals surface area contributed by atoms with E-state index < -0.39 is 0 Å². The first-order valence-corrected chi connectivity index (χ1v) is 4.51. The molecule has 0 aliphatic heterocycles. The average Bonchev–Trinajstić information content (AvgIpc) is 2.45. The lowest BCUT2D eigenvalue weighted by molar-refractivity contribution is 0.745. The fourth-order valence-electron chi connectivity index (χ4n) is 1.35. The summed E-state index contributed by atoms with van der Waals surface area (Å²) in [5, 5.41) is 0. The largest absolute Gasteiger partial charge is 0.177 e. The Morgan fingerprint density at radius 3 is 3.09 bits per heavy atom. The third-order valence-corrected chi connectivity index (χ3v) is 2.67. The first-order valence-electron chi connectivity index (χ1n) is 3.78. The lowest BCUT2D eigenvalue weighted by atomic mass is 9.93. The summed E-state index contributed by atoms with van der Waals surface area (Å²) in [5.74, 6) is 0.562. The van der Waals surface area contributed by atoms with E-state index in [-0.39, 0.29) is 0 Å². The molecule has 3 heteroatoms. The lowest BCUT2D eigenvalue weighted by Gasteiger charge is -2.13. The van der Waals surface area contributed by atoms with Crippen LogP contribution in [-0.4, -0.2) is 8.75 Å². The molecule has 0 amide bonds. The fraction of sp³-hybridized carbons (Fsp3) is 0.500. The molecule has 0 spiro atoms. The van der Waals surface area contributed by atoms with Crippen molar-refractivity contribution >= 4 is 17.3 Å². The van der Waals surface area contributed by atoms with E-state index in [4.69, 9.17) is 0 Å². The van der Waals surface area contributed by atoms with Crippen LogP contribution in [0.15, 0.2) is 6.08 Å². The maximum Gasteiger partial charge on any atom is 0.103 e. The van der Waals surface area contributed by atoms with Gasteiger partial charge in [-0.2, -0.15) is 8.75 Å². The van der Waals surface area contributed by atoms with Crippen LogP contribution in [0.25, 0.3) is 5.57 Å². The smallest absolute Gasteiger partial charge is 0.103 e. The summed E-state index contributed by atoms with van der Waals surface area (Å²) in [7, 11) is 0. The van der Waals surface area contributed by atoms with Gasteiger partial charge in [-0.3, -0.25) is 0 Å². The van der Waals surface area contributed by atoms with Crippen LogP contribution in [0, 0.1) is 0 Å². The molecule has 0 fully saturated rings. The highest BCUT2D eigenvalue weighted by atomic mass is 32.1. The molecule has 1 aliphatic carbocycles. The molecule has 0 aromatic carbocycles. The van der Waals surface area contributed by atoms with E-state index in [9.17, 15) is 0 Å². The van der Waals surface area contributed by atoms with Crippen molar-refractivity contribution in [1.82, 2.24) is 8.75 Å². The molecular weight excluding hydrogens is 156 g/mol. The van der Waals surface area contributed by atoms with Gasteiger partial charge in [-0.05, 0) is 18.9 Å². The number of fused-ring (bicyclic) bond motifs is 1. The molecule has 58 valence electrons. The maximum atomic E-state index is 4.28. The van der Waals surface area contributed by atoms with E-state index in [1.165, 1.54) is 23.0 Å². The molecule has 1 aromatic heterocycles. The van der Waals surface area contributed by atoms with E-state index in [1.807, 2.05) is 0 Å². The third kappa shape index (κ3) is 0.997. The summed E-state index contributed by atoms with van der Waals surface area (Å²) in [4.78, 5) is 0. The Morgan fingerprint density at radius 2 is 2.36 bits per heavy atom. The highest BCUT2D eigenvalue weighted by Gasteiger charge is 2.19. The number of hydrogen-bond acceptors (Lipinski definition) is 3. The van der Waals surface area contributed by atoms with Gasteiger partial charge >= 0.3 is 0 Å². The van der Waals surface area contributed by atoms with E-state index in [0.29, 0.717) is 5.92 Å². The summed E-state index contributed by atoms with van der Waals surface area (Å²) in [5.41, 5.74) is 3.59. The van der Waals surface area contributed by atoms with Crippen LogP contribution in [0.3, 0.4) is 0 Å². The highest BCUT2D eigenvalue weighted by molar-refractivity contribution is 6.99. The number of allylic oxidation sites excluding steroid dienone is 2. The highest BCUT2D eigenvalue weighted by Crippen LogP contribution is 2.31. The minimum absolute atomic E-state index is 0.562. The molecule has 1 heterocycles. The maximum absolute atomic E-state index is 4.28. The van der Waals surface area contributed by atoms with Gasteiger partial charge in [0, 0.05) is 5.92 Å². The van der Waals surface area contributed by atoms with Gasteiger partial charge in [0.1, 0.15) is 5.69 Å². The minimum Gasteiger partial charge on any atom is -0.177 e. The Kier molecular flexibility index (Phi) is 1.53. The van der Waals surface area contributed by atoms with Crippen LogP contribution in [-0.2, 0) is 0 Å². The second kappa shape index (κ2) is 2.41.